The number of hydrogen-bond donors (Lipinski definition) is 1. The average Bonchev–Trinajstić information content (AvgIpc) is 2.83. The monoisotopic (exact) mass is 396 g/mol. The van der Waals surface area contributed by atoms with Crippen molar-refractivity contribution < 1.29 is 33.5 Å². The first-order valence-corrected chi connectivity index (χ1v) is 6.06. The molecular formula is C13H13IN6O. The van der Waals surface area contributed by atoms with E-state index in [1.54, 1.807) is 25.0 Å². The van der Waals surface area contributed by atoms with Crippen molar-refractivity contribution in [2.45, 2.75) is 0 Å². The molecule has 0 bridgehead atoms. The molecule has 1 aromatic carbocycles. The fraction of sp³-hybridized carbons (Fsp3) is 0.154. The van der Waals surface area contributed by atoms with Crippen LogP contribution in [0, 0.1) is 0 Å². The first-order valence-electron chi connectivity index (χ1n) is 6.06. The Morgan fingerprint density at radius 3 is 2.81 bits per heavy atom. The number of fused-ring (bicyclic) bond motifs is 1. The number of nitrogens with one attached hydrogen (secondary N) is 1. The van der Waals surface area contributed by atoms with E-state index < -0.39 is 0 Å². The van der Waals surface area contributed by atoms with E-state index in [1.165, 1.54) is 11.0 Å². The minimum atomic E-state index is -0.240. The van der Waals surface area contributed by atoms with Crippen molar-refractivity contribution >= 4 is 22.8 Å². The molecule has 7 nitrogen and oxygen atoms in total. The number of benzene rings is 1. The Kier molecular flexibility index (Phi) is 4.46. The number of carbonyl (C=O) groups is 1. The highest BCUT2D eigenvalue weighted by atomic mass is 127. The zero-order valence-electron chi connectivity index (χ0n) is 11.5. The molecule has 2 heterocycles. The standard InChI is InChI=1S/C13H12N6O.HI/c1-18-7-10(9-5-3-4-6-11(9)17-18)12(20)16-13-14-8-15-19(13)2;/h3-8H,1-2H3;1H. The fourth-order valence-electron chi connectivity index (χ4n) is 2.00. The van der Waals surface area contributed by atoms with Crippen molar-refractivity contribution in [3.8, 4) is 0 Å². The molecule has 3 aromatic rings. The zero-order valence-corrected chi connectivity index (χ0v) is 13.6. The van der Waals surface area contributed by atoms with Gasteiger partial charge < -0.3 is 24.0 Å². The van der Waals surface area contributed by atoms with Gasteiger partial charge in [0.1, 0.15) is 17.4 Å². The maximum absolute atomic E-state index is 12.4. The van der Waals surface area contributed by atoms with Crippen LogP contribution in [-0.2, 0) is 14.1 Å². The van der Waals surface area contributed by atoms with Crippen molar-refractivity contribution in [1.82, 2.24) is 19.9 Å². The van der Waals surface area contributed by atoms with Gasteiger partial charge in [-0.15, -0.1) is 0 Å². The lowest BCUT2D eigenvalue weighted by molar-refractivity contribution is -0.728. The van der Waals surface area contributed by atoms with Crippen LogP contribution in [0.25, 0.3) is 10.9 Å². The predicted molar refractivity (Wildman–Crippen MR) is 71.9 cm³/mol. The van der Waals surface area contributed by atoms with Crippen LogP contribution in [0.2, 0.25) is 0 Å². The number of anilines is 1. The summed E-state index contributed by atoms with van der Waals surface area (Å²) in [6.07, 6.45) is 3.08. The van der Waals surface area contributed by atoms with E-state index in [-0.39, 0.29) is 29.9 Å². The number of aromatic nitrogens is 5. The van der Waals surface area contributed by atoms with E-state index in [2.05, 4.69) is 20.5 Å². The van der Waals surface area contributed by atoms with Gasteiger partial charge in [-0.05, 0) is 11.2 Å². The molecule has 108 valence electrons. The number of nitrogens with zero attached hydrogens (tertiary/aromatic N) is 5. The van der Waals surface area contributed by atoms with Gasteiger partial charge >= 0.3 is 0 Å². The number of halogens is 1. The first-order chi connectivity index (χ1) is 9.65. The maximum atomic E-state index is 12.4. The molecule has 2 aromatic heterocycles. The van der Waals surface area contributed by atoms with E-state index >= 15 is 0 Å². The van der Waals surface area contributed by atoms with Crippen LogP contribution in [-0.4, -0.2) is 25.8 Å². The highest BCUT2D eigenvalue weighted by molar-refractivity contribution is 6.11. The largest absolute Gasteiger partial charge is 1.00 e. The average molecular weight is 396 g/mol. The number of carbonyl (C=O) groups excluding carboxylic acids is 1. The normalized spacial score (nSPS) is 10.2. The summed E-state index contributed by atoms with van der Waals surface area (Å²) in [5.41, 5.74) is 1.31. The molecule has 0 aliphatic carbocycles. The van der Waals surface area contributed by atoms with Gasteiger partial charge in [-0.1, -0.05) is 22.9 Å². The predicted octanol–water partition coefficient (Wildman–Crippen LogP) is -2.56. The van der Waals surface area contributed by atoms with Crippen molar-refractivity contribution in [2.75, 3.05) is 5.32 Å². The summed E-state index contributed by atoms with van der Waals surface area (Å²) in [7, 11) is 3.50. The highest BCUT2D eigenvalue weighted by Crippen LogP contribution is 2.15. The lowest BCUT2D eigenvalue weighted by atomic mass is 10.1. The van der Waals surface area contributed by atoms with Gasteiger partial charge in [0.15, 0.2) is 7.05 Å². The van der Waals surface area contributed by atoms with E-state index in [9.17, 15) is 4.79 Å². The van der Waals surface area contributed by atoms with Gasteiger partial charge in [0.25, 0.3) is 5.91 Å². The maximum Gasteiger partial charge on any atom is 0.264 e. The summed E-state index contributed by atoms with van der Waals surface area (Å²) in [6, 6.07) is 7.51. The Hall–Kier alpha value is -2.10. The Labute approximate surface area is 138 Å². The van der Waals surface area contributed by atoms with Crippen molar-refractivity contribution in [1.29, 1.82) is 0 Å². The fourth-order valence-corrected chi connectivity index (χ4v) is 2.00. The van der Waals surface area contributed by atoms with Crippen LogP contribution in [0.5, 0.6) is 0 Å². The minimum Gasteiger partial charge on any atom is -1.00 e. The van der Waals surface area contributed by atoms with Crippen molar-refractivity contribution in [2.24, 2.45) is 14.1 Å². The van der Waals surface area contributed by atoms with Gasteiger partial charge in [-0.25, -0.2) is 4.68 Å². The second-order valence-electron chi connectivity index (χ2n) is 4.39. The van der Waals surface area contributed by atoms with Crippen LogP contribution >= 0.6 is 0 Å². The van der Waals surface area contributed by atoms with Crippen LogP contribution in [0.1, 0.15) is 10.4 Å². The number of rotatable bonds is 2. The molecule has 1 N–H and O–H groups in total. The molecular weight excluding hydrogens is 383 g/mol. The van der Waals surface area contributed by atoms with Crippen molar-refractivity contribution in [3.05, 3.63) is 42.4 Å². The number of amides is 1. The third kappa shape index (κ3) is 2.99. The van der Waals surface area contributed by atoms with Gasteiger partial charge in [0.05, 0.1) is 0 Å². The summed E-state index contributed by atoms with van der Waals surface area (Å²) in [5, 5.41) is 11.8. The third-order valence-corrected chi connectivity index (χ3v) is 2.96. The van der Waals surface area contributed by atoms with E-state index in [0.29, 0.717) is 11.5 Å². The minimum absolute atomic E-state index is 0. The molecule has 8 heteroatoms. The summed E-state index contributed by atoms with van der Waals surface area (Å²) in [6.45, 7) is 0. The number of aryl methyl sites for hydroxylation is 2. The quantitative estimate of drug-likeness (QED) is 0.382. The summed E-state index contributed by atoms with van der Waals surface area (Å²) in [4.78, 5) is 16.4. The molecule has 0 radical (unpaired) electrons. The molecule has 0 fully saturated rings. The van der Waals surface area contributed by atoms with Crippen LogP contribution < -0.4 is 34.0 Å². The third-order valence-electron chi connectivity index (χ3n) is 2.96. The molecule has 0 aliphatic rings. The molecule has 0 unspecified atom stereocenters. The Morgan fingerprint density at radius 1 is 1.33 bits per heavy atom. The Bertz CT molecular complexity index is 800. The van der Waals surface area contributed by atoms with Crippen LogP contribution in [0.3, 0.4) is 0 Å². The lowest BCUT2D eigenvalue weighted by Gasteiger charge is -2.05. The highest BCUT2D eigenvalue weighted by Gasteiger charge is 2.17. The molecule has 0 atom stereocenters. The Balaban J connectivity index is 0.00000161. The summed E-state index contributed by atoms with van der Waals surface area (Å²) >= 11 is 0. The van der Waals surface area contributed by atoms with Gasteiger partial charge in [0, 0.05) is 12.4 Å². The van der Waals surface area contributed by atoms with Crippen molar-refractivity contribution in [3.63, 3.8) is 0 Å². The Morgan fingerprint density at radius 2 is 2.10 bits per heavy atom. The van der Waals surface area contributed by atoms with Crippen LogP contribution in [0.15, 0.2) is 36.8 Å². The van der Waals surface area contributed by atoms with E-state index in [1.807, 2.05) is 24.3 Å². The summed E-state index contributed by atoms with van der Waals surface area (Å²) < 4.78 is 3.12. The van der Waals surface area contributed by atoms with E-state index in [0.717, 1.165) is 10.9 Å². The zero-order chi connectivity index (χ0) is 14.1. The smallest absolute Gasteiger partial charge is 0.264 e. The molecule has 21 heavy (non-hydrogen) atoms. The van der Waals surface area contributed by atoms with E-state index in [4.69, 9.17) is 0 Å². The molecule has 1 amide bonds. The topological polar surface area (TPSA) is 76.6 Å². The molecule has 0 spiro atoms. The van der Waals surface area contributed by atoms with Gasteiger partial charge in [-0.3, -0.25) is 10.1 Å². The molecule has 0 aliphatic heterocycles. The second-order valence-corrected chi connectivity index (χ2v) is 4.39. The van der Waals surface area contributed by atoms with Gasteiger partial charge in [-0.2, -0.15) is 10.1 Å². The SMILES string of the molecule is Cn1ncnc1NC(=O)c1c[n+](C)nc2ccccc12.[I-]. The first kappa shape index (κ1) is 15.3. The van der Waals surface area contributed by atoms with Crippen LogP contribution in [0.4, 0.5) is 5.95 Å². The summed E-state index contributed by atoms with van der Waals surface area (Å²) in [5.74, 6) is 0.161. The number of hydrogen-bond acceptors (Lipinski definition) is 4. The lowest BCUT2D eigenvalue weighted by Crippen LogP contribution is -3.00. The molecule has 3 rings (SSSR count). The molecule has 0 saturated carbocycles. The second kappa shape index (κ2) is 6.12. The molecule has 0 saturated heterocycles. The van der Waals surface area contributed by atoms with Gasteiger partial charge in [0.2, 0.25) is 12.1 Å².